The lowest BCUT2D eigenvalue weighted by molar-refractivity contribution is -0.157. The summed E-state index contributed by atoms with van der Waals surface area (Å²) in [4.78, 5) is 31.7. The highest BCUT2D eigenvalue weighted by Gasteiger charge is 2.51. The monoisotopic (exact) mass is 438 g/mol. The van der Waals surface area contributed by atoms with Gasteiger partial charge < -0.3 is 20.5 Å². The van der Waals surface area contributed by atoms with E-state index in [9.17, 15) is 14.7 Å². The molecule has 1 aliphatic carbocycles. The van der Waals surface area contributed by atoms with Gasteiger partial charge in [-0.3, -0.25) is 14.5 Å². The molecular formula is C24H30N4O4. The Morgan fingerprint density at radius 1 is 1.38 bits per heavy atom. The Morgan fingerprint density at radius 2 is 2.16 bits per heavy atom. The van der Waals surface area contributed by atoms with Crippen molar-refractivity contribution in [2.75, 3.05) is 19.6 Å². The number of amides is 2. The molecule has 1 saturated carbocycles. The number of β-amino-alcohol motifs (C(OH)–C–C–N with tert-alkyl or cyclic N) is 1. The highest BCUT2D eigenvalue weighted by molar-refractivity contribution is 6.39. The summed E-state index contributed by atoms with van der Waals surface area (Å²) in [6, 6.07) is 8.38. The predicted octanol–water partition coefficient (Wildman–Crippen LogP) is 1.24. The fourth-order valence-electron chi connectivity index (χ4n) is 4.92. The minimum absolute atomic E-state index is 0.0420. The lowest BCUT2D eigenvalue weighted by atomic mass is 9.78. The van der Waals surface area contributed by atoms with E-state index >= 15 is 0 Å². The first-order valence-electron chi connectivity index (χ1n) is 11.5. The molecule has 1 aromatic carbocycles. The zero-order valence-electron chi connectivity index (χ0n) is 18.4. The summed E-state index contributed by atoms with van der Waals surface area (Å²) in [5, 5.41) is 16.1. The van der Waals surface area contributed by atoms with Gasteiger partial charge in [-0.05, 0) is 36.8 Å². The van der Waals surface area contributed by atoms with Crippen molar-refractivity contribution >= 4 is 17.5 Å². The number of ether oxygens (including phenoxy) is 1. The topological polar surface area (TPSA) is 103 Å². The Bertz CT molecular complexity index is 997. The Hall–Kier alpha value is -2.71. The summed E-state index contributed by atoms with van der Waals surface area (Å²) in [6.45, 7) is 4.33. The van der Waals surface area contributed by atoms with Crippen LogP contribution in [-0.4, -0.2) is 58.9 Å². The zero-order valence-corrected chi connectivity index (χ0v) is 18.4. The van der Waals surface area contributed by atoms with E-state index < -0.39 is 11.7 Å². The van der Waals surface area contributed by atoms with Crippen LogP contribution in [0.25, 0.3) is 0 Å². The number of allylic oxidation sites excluding steroid dienone is 1. The molecule has 0 radical (unpaired) electrons. The van der Waals surface area contributed by atoms with Crippen LogP contribution in [0, 0.1) is 5.92 Å². The number of benzene rings is 1. The number of carbonyl (C=O) groups is 2. The standard InChI is InChI=1S/C24H30N4O4/c1-15-11-19(26-21-20(15)32-24(8-4-9-24)23(31)27-21)22(30)25-12-18(29)14-28-10-7-16-5-2-3-6-17(16)13-28/h2-3,5-6,15,18,29H,4,7-14H2,1H3,(H,25,30)(H,27,31). The summed E-state index contributed by atoms with van der Waals surface area (Å²) in [7, 11) is 0. The van der Waals surface area contributed by atoms with E-state index in [-0.39, 0.29) is 24.3 Å². The average Bonchev–Trinajstić information content (AvgIpc) is 2.75. The van der Waals surface area contributed by atoms with Crippen molar-refractivity contribution in [1.82, 2.24) is 15.5 Å². The van der Waals surface area contributed by atoms with Crippen molar-refractivity contribution in [1.29, 1.82) is 0 Å². The van der Waals surface area contributed by atoms with Gasteiger partial charge in [-0.15, -0.1) is 0 Å². The molecule has 3 aliphatic heterocycles. The maximum absolute atomic E-state index is 12.7. The first-order valence-corrected chi connectivity index (χ1v) is 11.5. The Morgan fingerprint density at radius 3 is 2.91 bits per heavy atom. The van der Waals surface area contributed by atoms with Crippen molar-refractivity contribution in [2.45, 2.75) is 57.3 Å². The third-order valence-electron chi connectivity index (χ3n) is 6.98. The summed E-state index contributed by atoms with van der Waals surface area (Å²) in [5.74, 6) is 0.498. The van der Waals surface area contributed by atoms with Crippen LogP contribution < -0.4 is 10.6 Å². The average molecular weight is 439 g/mol. The molecule has 170 valence electrons. The number of fused-ring (bicyclic) bond motifs is 1. The second-order valence-electron chi connectivity index (χ2n) is 9.40. The van der Waals surface area contributed by atoms with E-state index in [1.54, 1.807) is 0 Å². The number of aliphatic hydroxyl groups is 1. The summed E-state index contributed by atoms with van der Waals surface area (Å²) in [5.41, 5.74) is 2.28. The van der Waals surface area contributed by atoms with Crippen LogP contribution in [0.5, 0.6) is 0 Å². The van der Waals surface area contributed by atoms with Gasteiger partial charge in [-0.25, -0.2) is 4.99 Å². The maximum atomic E-state index is 12.7. The van der Waals surface area contributed by atoms with Crippen LogP contribution >= 0.6 is 0 Å². The van der Waals surface area contributed by atoms with Gasteiger partial charge in [-0.1, -0.05) is 31.2 Å². The van der Waals surface area contributed by atoms with Gasteiger partial charge in [0.2, 0.25) is 0 Å². The van der Waals surface area contributed by atoms with E-state index in [0.717, 1.165) is 38.8 Å². The molecule has 32 heavy (non-hydrogen) atoms. The highest BCUT2D eigenvalue weighted by atomic mass is 16.5. The molecule has 8 heteroatoms. The van der Waals surface area contributed by atoms with E-state index in [0.29, 0.717) is 30.3 Å². The van der Waals surface area contributed by atoms with Crippen LogP contribution in [0.2, 0.25) is 0 Å². The third-order valence-corrected chi connectivity index (χ3v) is 6.98. The molecule has 4 aliphatic rings. The van der Waals surface area contributed by atoms with Crippen molar-refractivity contribution in [3.63, 3.8) is 0 Å². The summed E-state index contributed by atoms with van der Waals surface area (Å²) < 4.78 is 6.06. The zero-order chi connectivity index (χ0) is 22.3. The number of aliphatic imine (C=N–C) groups is 1. The molecular weight excluding hydrogens is 408 g/mol. The molecule has 5 rings (SSSR count). The fourth-order valence-corrected chi connectivity index (χ4v) is 4.92. The second-order valence-corrected chi connectivity index (χ2v) is 9.40. The number of carbonyl (C=O) groups excluding carboxylic acids is 2. The van der Waals surface area contributed by atoms with E-state index in [1.807, 2.05) is 13.0 Å². The van der Waals surface area contributed by atoms with Crippen molar-refractivity contribution in [2.24, 2.45) is 10.9 Å². The van der Waals surface area contributed by atoms with Crippen LogP contribution in [0.15, 0.2) is 40.8 Å². The van der Waals surface area contributed by atoms with E-state index in [1.165, 1.54) is 11.1 Å². The van der Waals surface area contributed by atoms with Gasteiger partial charge in [0.05, 0.1) is 6.10 Å². The van der Waals surface area contributed by atoms with E-state index in [4.69, 9.17) is 4.74 Å². The quantitative estimate of drug-likeness (QED) is 0.642. The second kappa shape index (κ2) is 8.33. The van der Waals surface area contributed by atoms with Crippen LogP contribution in [-0.2, 0) is 27.3 Å². The number of rotatable bonds is 5. The molecule has 2 unspecified atom stereocenters. The molecule has 1 aromatic rings. The van der Waals surface area contributed by atoms with Crippen molar-refractivity contribution in [3.05, 3.63) is 47.0 Å². The fraction of sp³-hybridized carbons (Fsp3) is 0.542. The van der Waals surface area contributed by atoms with Gasteiger partial charge in [0.1, 0.15) is 11.5 Å². The number of nitrogens with zero attached hydrogens (tertiary/aromatic N) is 2. The minimum Gasteiger partial charge on any atom is -0.478 e. The lowest BCUT2D eigenvalue weighted by Gasteiger charge is -2.45. The van der Waals surface area contributed by atoms with Crippen molar-refractivity contribution < 1.29 is 19.4 Å². The molecule has 8 nitrogen and oxygen atoms in total. The van der Waals surface area contributed by atoms with Crippen molar-refractivity contribution in [3.8, 4) is 0 Å². The summed E-state index contributed by atoms with van der Waals surface area (Å²) in [6.07, 6.45) is 3.16. The van der Waals surface area contributed by atoms with Gasteiger partial charge in [0.15, 0.2) is 11.4 Å². The number of aliphatic hydroxyl groups excluding tert-OH is 1. The molecule has 2 amide bonds. The first kappa shape index (κ1) is 21.2. The Balaban J connectivity index is 1.16. The first-order chi connectivity index (χ1) is 15.4. The van der Waals surface area contributed by atoms with Gasteiger partial charge in [0, 0.05) is 38.5 Å². The van der Waals surface area contributed by atoms with Gasteiger partial charge in [0.25, 0.3) is 11.8 Å². The Labute approximate surface area is 187 Å². The normalized spacial score (nSPS) is 25.0. The molecule has 2 atom stereocenters. The molecule has 0 saturated heterocycles. The predicted molar refractivity (Wildman–Crippen MR) is 118 cm³/mol. The van der Waals surface area contributed by atoms with Crippen LogP contribution in [0.1, 0.15) is 43.7 Å². The van der Waals surface area contributed by atoms with Crippen LogP contribution in [0.3, 0.4) is 0 Å². The smallest absolute Gasteiger partial charge is 0.269 e. The minimum atomic E-state index is -0.735. The molecule has 0 bridgehead atoms. The summed E-state index contributed by atoms with van der Waals surface area (Å²) >= 11 is 0. The third kappa shape index (κ3) is 3.93. The lowest BCUT2D eigenvalue weighted by Crippen LogP contribution is -2.57. The largest absolute Gasteiger partial charge is 0.478 e. The SMILES string of the molecule is CC1CC(C(=O)NCC(O)CN2CCc3ccccc3C2)=NC2=C1OC1(CCC1)C(=O)N2. The maximum Gasteiger partial charge on any atom is 0.269 e. The Kier molecular flexibility index (Phi) is 5.51. The molecule has 3 N–H and O–H groups in total. The molecule has 3 heterocycles. The molecule has 0 aromatic heterocycles. The van der Waals surface area contributed by atoms with Gasteiger partial charge >= 0.3 is 0 Å². The molecule has 1 spiro atoms. The number of hydrogen-bond donors (Lipinski definition) is 3. The molecule has 1 fully saturated rings. The van der Waals surface area contributed by atoms with Crippen LogP contribution in [0.4, 0.5) is 0 Å². The van der Waals surface area contributed by atoms with E-state index in [2.05, 4.69) is 38.7 Å². The number of hydrogen-bond acceptors (Lipinski definition) is 6. The number of nitrogens with one attached hydrogen (secondary N) is 2. The van der Waals surface area contributed by atoms with Gasteiger partial charge in [-0.2, -0.15) is 0 Å². The highest BCUT2D eigenvalue weighted by Crippen LogP contribution is 2.43.